The van der Waals surface area contributed by atoms with Gasteiger partial charge in [-0.25, -0.2) is 8.42 Å². The zero-order valence-corrected chi connectivity index (χ0v) is 9.44. The Morgan fingerprint density at radius 3 is 2.19 bits per heavy atom. The van der Waals surface area contributed by atoms with Crippen molar-refractivity contribution in [3.05, 3.63) is 29.8 Å². The number of hydrogen-bond donors (Lipinski definition) is 2. The molecule has 88 valence electrons. The minimum absolute atomic E-state index is 0.0976. The largest absolute Gasteiger partial charge is 0.480 e. The maximum Gasteiger partial charge on any atom is 0.324 e. The molecule has 0 fully saturated rings. The Morgan fingerprint density at radius 1 is 1.31 bits per heavy atom. The van der Waals surface area contributed by atoms with Crippen molar-refractivity contribution in [2.75, 3.05) is 6.61 Å². The van der Waals surface area contributed by atoms with Crippen molar-refractivity contribution < 1.29 is 23.4 Å². The van der Waals surface area contributed by atoms with Gasteiger partial charge in [0.1, 0.15) is 0 Å². The maximum atomic E-state index is 11.8. The predicted molar refractivity (Wildman–Crippen MR) is 56.9 cm³/mol. The third-order valence-electron chi connectivity index (χ3n) is 2.17. The van der Waals surface area contributed by atoms with Crippen LogP contribution >= 0.6 is 0 Å². The molecule has 1 atom stereocenters. The molecule has 0 bridgehead atoms. The summed E-state index contributed by atoms with van der Waals surface area (Å²) in [5.41, 5.74) is 0.870. The van der Waals surface area contributed by atoms with Crippen LogP contribution in [0.3, 0.4) is 0 Å². The molecule has 6 heteroatoms. The van der Waals surface area contributed by atoms with Gasteiger partial charge in [-0.15, -0.1) is 0 Å². The molecule has 1 aromatic carbocycles. The first kappa shape index (κ1) is 12.7. The summed E-state index contributed by atoms with van der Waals surface area (Å²) < 4.78 is 23.6. The first-order chi connectivity index (χ1) is 7.39. The summed E-state index contributed by atoms with van der Waals surface area (Å²) in [5, 5.41) is 15.7. The van der Waals surface area contributed by atoms with E-state index in [1.807, 2.05) is 0 Å². The summed E-state index contributed by atoms with van der Waals surface area (Å²) in [4.78, 5) is 10.6. The van der Waals surface area contributed by atoms with E-state index in [-0.39, 0.29) is 4.90 Å². The van der Waals surface area contributed by atoms with E-state index in [0.717, 1.165) is 5.56 Å². The van der Waals surface area contributed by atoms with Crippen LogP contribution < -0.4 is 0 Å². The van der Waals surface area contributed by atoms with Crippen LogP contribution in [0.25, 0.3) is 0 Å². The monoisotopic (exact) mass is 244 g/mol. The number of aliphatic hydroxyl groups is 1. The number of carboxylic acids is 1. The Bertz CT molecular complexity index is 474. The third kappa shape index (κ3) is 2.40. The summed E-state index contributed by atoms with van der Waals surface area (Å²) in [6.45, 7) is 0.850. The van der Waals surface area contributed by atoms with Crippen LogP contribution in [-0.4, -0.2) is 36.5 Å². The smallest absolute Gasteiger partial charge is 0.324 e. The number of carboxylic acid groups (broad SMARTS) is 1. The van der Waals surface area contributed by atoms with Gasteiger partial charge in [0.05, 0.1) is 11.5 Å². The highest BCUT2D eigenvalue weighted by Gasteiger charge is 2.33. The Morgan fingerprint density at radius 2 is 1.81 bits per heavy atom. The van der Waals surface area contributed by atoms with Crippen LogP contribution in [0.2, 0.25) is 0 Å². The Hall–Kier alpha value is -1.40. The molecule has 2 N–H and O–H groups in total. The zero-order valence-electron chi connectivity index (χ0n) is 8.62. The normalized spacial score (nSPS) is 13.4. The average molecular weight is 244 g/mol. The van der Waals surface area contributed by atoms with E-state index in [4.69, 9.17) is 10.2 Å². The number of carbonyl (C=O) groups is 1. The molecule has 5 nitrogen and oxygen atoms in total. The van der Waals surface area contributed by atoms with Gasteiger partial charge >= 0.3 is 5.97 Å². The Balaban J connectivity index is 3.20. The second-order valence-electron chi connectivity index (χ2n) is 3.37. The number of rotatable bonds is 4. The molecule has 1 rings (SSSR count). The highest BCUT2D eigenvalue weighted by Crippen LogP contribution is 2.16. The summed E-state index contributed by atoms with van der Waals surface area (Å²) in [6.07, 6.45) is 0. The predicted octanol–water partition coefficient (Wildman–Crippen LogP) is 0.214. The second kappa shape index (κ2) is 4.63. The Kier molecular flexibility index (Phi) is 3.66. The van der Waals surface area contributed by atoms with Crippen molar-refractivity contribution in [3.63, 3.8) is 0 Å². The molecule has 1 unspecified atom stereocenters. The van der Waals surface area contributed by atoms with Crippen LogP contribution in [0.15, 0.2) is 29.2 Å². The molecule has 0 radical (unpaired) electrons. The van der Waals surface area contributed by atoms with Crippen molar-refractivity contribution >= 4 is 15.8 Å². The molecule has 0 saturated carbocycles. The van der Waals surface area contributed by atoms with Gasteiger partial charge in [-0.05, 0) is 19.1 Å². The standard InChI is InChI=1S/C10H12O5S/c1-7-2-4-8(5-3-7)16(14,15)9(6-11)10(12)13/h2-5,9,11H,6H2,1H3,(H,12,13). The molecular formula is C10H12O5S. The molecule has 0 spiro atoms. The quantitative estimate of drug-likeness (QED) is 0.790. The molecule has 0 saturated heterocycles. The fraction of sp³-hybridized carbons (Fsp3) is 0.300. The number of aliphatic hydroxyl groups excluding tert-OH is 1. The van der Waals surface area contributed by atoms with E-state index in [1.54, 1.807) is 19.1 Å². The molecule has 0 aromatic heterocycles. The van der Waals surface area contributed by atoms with Crippen LogP contribution in [0.5, 0.6) is 0 Å². The summed E-state index contributed by atoms with van der Waals surface area (Å²) >= 11 is 0. The molecule has 0 amide bonds. The van der Waals surface area contributed by atoms with Gasteiger partial charge in [-0.1, -0.05) is 17.7 Å². The Labute approximate surface area is 93.3 Å². The zero-order chi connectivity index (χ0) is 12.3. The number of sulfone groups is 1. The maximum absolute atomic E-state index is 11.8. The average Bonchev–Trinajstić information content (AvgIpc) is 2.18. The van der Waals surface area contributed by atoms with Crippen LogP contribution in [-0.2, 0) is 14.6 Å². The van der Waals surface area contributed by atoms with Gasteiger partial charge in [-0.3, -0.25) is 4.79 Å². The summed E-state index contributed by atoms with van der Waals surface area (Å²) in [5.74, 6) is -1.55. The number of benzene rings is 1. The van der Waals surface area contributed by atoms with Gasteiger partial charge in [0.15, 0.2) is 15.1 Å². The fourth-order valence-electron chi connectivity index (χ4n) is 1.20. The lowest BCUT2D eigenvalue weighted by molar-refractivity contribution is -0.137. The van der Waals surface area contributed by atoms with Crippen molar-refractivity contribution in [3.8, 4) is 0 Å². The first-order valence-electron chi connectivity index (χ1n) is 4.54. The van der Waals surface area contributed by atoms with Crippen molar-refractivity contribution in [2.24, 2.45) is 0 Å². The summed E-state index contributed by atoms with van der Waals surface area (Å²) in [6, 6.07) is 5.80. The molecule has 0 aliphatic carbocycles. The molecular weight excluding hydrogens is 232 g/mol. The number of aryl methyl sites for hydroxylation is 1. The number of aliphatic carboxylic acids is 1. The van der Waals surface area contributed by atoms with Crippen molar-refractivity contribution in [2.45, 2.75) is 17.1 Å². The lowest BCUT2D eigenvalue weighted by atomic mass is 10.2. The highest BCUT2D eigenvalue weighted by atomic mass is 32.2. The van der Waals surface area contributed by atoms with Gasteiger partial charge in [0.2, 0.25) is 0 Å². The molecule has 0 aliphatic heterocycles. The van der Waals surface area contributed by atoms with E-state index in [2.05, 4.69) is 0 Å². The van der Waals surface area contributed by atoms with E-state index >= 15 is 0 Å². The topological polar surface area (TPSA) is 91.7 Å². The van der Waals surface area contributed by atoms with E-state index in [0.29, 0.717) is 0 Å². The molecule has 1 aromatic rings. The van der Waals surface area contributed by atoms with Crippen LogP contribution in [0, 0.1) is 6.92 Å². The minimum atomic E-state index is -4.02. The SMILES string of the molecule is Cc1ccc(S(=O)(=O)C(CO)C(=O)O)cc1. The molecule has 16 heavy (non-hydrogen) atoms. The van der Waals surface area contributed by atoms with Gasteiger partial charge in [0.25, 0.3) is 0 Å². The van der Waals surface area contributed by atoms with Crippen LogP contribution in [0.4, 0.5) is 0 Å². The fourth-order valence-corrected chi connectivity index (χ4v) is 2.51. The minimum Gasteiger partial charge on any atom is -0.480 e. The van der Waals surface area contributed by atoms with Gasteiger partial charge in [-0.2, -0.15) is 0 Å². The van der Waals surface area contributed by atoms with E-state index < -0.39 is 27.7 Å². The van der Waals surface area contributed by atoms with Crippen LogP contribution in [0.1, 0.15) is 5.56 Å². The first-order valence-corrected chi connectivity index (χ1v) is 6.08. The van der Waals surface area contributed by atoms with E-state index in [9.17, 15) is 13.2 Å². The van der Waals surface area contributed by atoms with Gasteiger partial charge in [0, 0.05) is 0 Å². The van der Waals surface area contributed by atoms with Gasteiger partial charge < -0.3 is 10.2 Å². The molecule has 0 aliphatic rings. The lowest BCUT2D eigenvalue weighted by Crippen LogP contribution is -2.33. The van der Waals surface area contributed by atoms with Crippen molar-refractivity contribution in [1.82, 2.24) is 0 Å². The number of hydrogen-bond acceptors (Lipinski definition) is 4. The summed E-state index contributed by atoms with van der Waals surface area (Å²) in [7, 11) is -4.02. The highest BCUT2D eigenvalue weighted by molar-refractivity contribution is 7.92. The lowest BCUT2D eigenvalue weighted by Gasteiger charge is -2.10. The van der Waals surface area contributed by atoms with Crippen molar-refractivity contribution in [1.29, 1.82) is 0 Å². The van der Waals surface area contributed by atoms with E-state index in [1.165, 1.54) is 12.1 Å². The third-order valence-corrected chi connectivity index (χ3v) is 4.19. The second-order valence-corrected chi connectivity index (χ2v) is 5.50. The molecule has 0 heterocycles.